The number of carbonyl (C=O) groups is 2. The minimum atomic E-state index is -0.431. The number of nitrogens with one attached hydrogen (secondary N) is 1. The number of hydrogen-bond donors (Lipinski definition) is 1. The number of likely N-dealkylation sites (N-methyl/N-ethyl adjacent to an activating group) is 1. The van der Waals surface area contributed by atoms with E-state index in [0.29, 0.717) is 30.2 Å². The van der Waals surface area contributed by atoms with Crippen molar-refractivity contribution in [2.45, 2.75) is 32.9 Å². The van der Waals surface area contributed by atoms with Gasteiger partial charge in [0, 0.05) is 6.54 Å². The van der Waals surface area contributed by atoms with Crippen LogP contribution in [0.3, 0.4) is 0 Å². The summed E-state index contributed by atoms with van der Waals surface area (Å²) in [7, 11) is 4.80. The maximum atomic E-state index is 12.4. The maximum absolute atomic E-state index is 12.4. The minimum Gasteiger partial charge on any atom is -0.497 e. The molecule has 0 aliphatic carbocycles. The number of aryl methyl sites for hydroxylation is 1. The molecule has 0 fully saturated rings. The Labute approximate surface area is 165 Å². The molecule has 0 bridgehead atoms. The highest BCUT2D eigenvalue weighted by molar-refractivity contribution is 5.90. The summed E-state index contributed by atoms with van der Waals surface area (Å²) in [5.41, 5.74) is 1.53. The smallest absolute Gasteiger partial charge is 0.341 e. The number of benzene rings is 1. The maximum Gasteiger partial charge on any atom is 0.341 e. The molecule has 2 rings (SSSR count). The van der Waals surface area contributed by atoms with Crippen molar-refractivity contribution in [3.63, 3.8) is 0 Å². The SMILES string of the molecule is COC(=O)c1cc(CN(C)C(C)C(=O)NCCc2ccc(OC)cc2)oc1C. The van der Waals surface area contributed by atoms with Gasteiger partial charge < -0.3 is 19.2 Å². The highest BCUT2D eigenvalue weighted by atomic mass is 16.5. The van der Waals surface area contributed by atoms with Crippen molar-refractivity contribution in [1.82, 2.24) is 10.2 Å². The molecule has 1 amide bonds. The fraction of sp³-hybridized carbons (Fsp3) is 0.429. The molecule has 0 radical (unpaired) electrons. The van der Waals surface area contributed by atoms with Gasteiger partial charge >= 0.3 is 5.97 Å². The molecule has 0 aliphatic heterocycles. The van der Waals surface area contributed by atoms with E-state index in [4.69, 9.17) is 13.9 Å². The van der Waals surface area contributed by atoms with Crippen molar-refractivity contribution in [1.29, 1.82) is 0 Å². The summed E-state index contributed by atoms with van der Waals surface area (Å²) in [4.78, 5) is 26.0. The van der Waals surface area contributed by atoms with Gasteiger partial charge in [-0.25, -0.2) is 4.79 Å². The van der Waals surface area contributed by atoms with E-state index in [1.54, 1.807) is 20.1 Å². The van der Waals surface area contributed by atoms with Crippen LogP contribution >= 0.6 is 0 Å². The minimum absolute atomic E-state index is 0.0625. The molecule has 0 spiro atoms. The monoisotopic (exact) mass is 388 g/mol. The molecular formula is C21H28N2O5. The highest BCUT2D eigenvalue weighted by Gasteiger charge is 2.21. The second-order valence-corrected chi connectivity index (χ2v) is 6.65. The van der Waals surface area contributed by atoms with Crippen LogP contribution in [0.25, 0.3) is 0 Å². The molecule has 1 aromatic carbocycles. The van der Waals surface area contributed by atoms with E-state index in [-0.39, 0.29) is 11.9 Å². The summed E-state index contributed by atoms with van der Waals surface area (Å²) in [6, 6.07) is 9.09. The lowest BCUT2D eigenvalue weighted by Crippen LogP contribution is -2.43. The highest BCUT2D eigenvalue weighted by Crippen LogP contribution is 2.17. The molecule has 152 valence electrons. The van der Waals surface area contributed by atoms with Gasteiger partial charge in [-0.2, -0.15) is 0 Å². The number of rotatable bonds is 9. The molecule has 1 N–H and O–H groups in total. The molecular weight excluding hydrogens is 360 g/mol. The first-order valence-corrected chi connectivity index (χ1v) is 9.14. The zero-order chi connectivity index (χ0) is 20.7. The third-order valence-corrected chi connectivity index (χ3v) is 4.69. The Balaban J connectivity index is 1.83. The van der Waals surface area contributed by atoms with Crippen LogP contribution in [0.1, 0.15) is 34.4 Å². The predicted octanol–water partition coefficient (Wildman–Crippen LogP) is 2.56. The molecule has 1 atom stereocenters. The largest absolute Gasteiger partial charge is 0.497 e. The van der Waals surface area contributed by atoms with Gasteiger partial charge in [-0.15, -0.1) is 0 Å². The number of nitrogens with zero attached hydrogens (tertiary/aromatic N) is 1. The fourth-order valence-electron chi connectivity index (χ4n) is 2.79. The average molecular weight is 388 g/mol. The van der Waals surface area contributed by atoms with Crippen LogP contribution in [0.15, 0.2) is 34.7 Å². The average Bonchev–Trinajstić information content (AvgIpc) is 3.07. The Morgan fingerprint density at radius 2 is 1.89 bits per heavy atom. The van der Waals surface area contributed by atoms with E-state index in [1.807, 2.05) is 43.1 Å². The molecule has 1 aromatic heterocycles. The number of methoxy groups -OCH3 is 2. The summed E-state index contributed by atoms with van der Waals surface area (Å²) >= 11 is 0. The molecule has 0 saturated carbocycles. The third kappa shape index (κ3) is 5.60. The Morgan fingerprint density at radius 1 is 1.21 bits per heavy atom. The second-order valence-electron chi connectivity index (χ2n) is 6.65. The van der Waals surface area contributed by atoms with Gasteiger partial charge in [0.25, 0.3) is 0 Å². The van der Waals surface area contributed by atoms with Crippen LogP contribution in [0.4, 0.5) is 0 Å². The van der Waals surface area contributed by atoms with Gasteiger partial charge in [0.1, 0.15) is 22.8 Å². The lowest BCUT2D eigenvalue weighted by atomic mass is 10.1. The quantitative estimate of drug-likeness (QED) is 0.665. The molecule has 0 aliphatic rings. The number of hydrogen-bond acceptors (Lipinski definition) is 6. The molecule has 0 saturated heterocycles. The van der Waals surface area contributed by atoms with Crippen LogP contribution < -0.4 is 10.1 Å². The van der Waals surface area contributed by atoms with Crippen LogP contribution in [-0.4, -0.2) is 50.6 Å². The van der Waals surface area contributed by atoms with Gasteiger partial charge in [0.15, 0.2) is 0 Å². The van der Waals surface area contributed by atoms with Crippen molar-refractivity contribution in [2.75, 3.05) is 27.8 Å². The van der Waals surface area contributed by atoms with E-state index in [2.05, 4.69) is 5.32 Å². The molecule has 1 unspecified atom stereocenters. The van der Waals surface area contributed by atoms with Crippen LogP contribution in [0, 0.1) is 6.92 Å². The molecule has 2 aromatic rings. The normalized spacial score (nSPS) is 11.9. The van der Waals surface area contributed by atoms with Crippen molar-refractivity contribution in [3.8, 4) is 5.75 Å². The standard InChI is InChI=1S/C21H28N2O5/c1-14(20(24)22-11-10-16-6-8-17(26-4)9-7-16)23(3)13-18-12-19(15(2)28-18)21(25)27-5/h6-9,12,14H,10-11,13H2,1-5H3,(H,22,24). The van der Waals surface area contributed by atoms with Gasteiger partial charge in [-0.3, -0.25) is 9.69 Å². The van der Waals surface area contributed by atoms with Crippen molar-refractivity contribution >= 4 is 11.9 Å². The Hall–Kier alpha value is -2.80. The molecule has 1 heterocycles. The zero-order valence-electron chi connectivity index (χ0n) is 17.1. The van der Waals surface area contributed by atoms with E-state index in [9.17, 15) is 9.59 Å². The summed E-state index contributed by atoms with van der Waals surface area (Å²) in [5, 5.41) is 2.95. The van der Waals surface area contributed by atoms with Crippen molar-refractivity contribution in [3.05, 3.63) is 53.0 Å². The van der Waals surface area contributed by atoms with E-state index in [1.165, 1.54) is 7.11 Å². The van der Waals surface area contributed by atoms with Gasteiger partial charge in [0.05, 0.1) is 26.8 Å². The topological polar surface area (TPSA) is 81.0 Å². The summed E-state index contributed by atoms with van der Waals surface area (Å²) in [6.07, 6.45) is 0.742. The zero-order valence-corrected chi connectivity index (χ0v) is 17.1. The summed E-state index contributed by atoms with van der Waals surface area (Å²) in [6.45, 7) is 4.51. The van der Waals surface area contributed by atoms with Crippen LogP contribution in [0.5, 0.6) is 5.75 Å². The first-order valence-electron chi connectivity index (χ1n) is 9.14. The van der Waals surface area contributed by atoms with Gasteiger partial charge in [0.2, 0.25) is 5.91 Å². The Morgan fingerprint density at radius 3 is 2.50 bits per heavy atom. The first-order chi connectivity index (χ1) is 13.3. The number of furan rings is 1. The molecule has 28 heavy (non-hydrogen) atoms. The Bertz CT molecular complexity index is 798. The van der Waals surface area contributed by atoms with E-state index in [0.717, 1.165) is 17.7 Å². The first kappa shape index (κ1) is 21.5. The van der Waals surface area contributed by atoms with Gasteiger partial charge in [-0.1, -0.05) is 12.1 Å². The van der Waals surface area contributed by atoms with Gasteiger partial charge in [-0.05, 0) is 51.1 Å². The predicted molar refractivity (Wildman–Crippen MR) is 105 cm³/mol. The third-order valence-electron chi connectivity index (χ3n) is 4.69. The second kappa shape index (κ2) is 9.94. The van der Waals surface area contributed by atoms with Crippen molar-refractivity contribution in [2.24, 2.45) is 0 Å². The van der Waals surface area contributed by atoms with Crippen LogP contribution in [-0.2, 0) is 22.5 Å². The number of amides is 1. The summed E-state index contributed by atoms with van der Waals surface area (Å²) < 4.78 is 15.5. The fourth-order valence-corrected chi connectivity index (χ4v) is 2.79. The van der Waals surface area contributed by atoms with E-state index < -0.39 is 5.97 Å². The van der Waals surface area contributed by atoms with E-state index >= 15 is 0 Å². The summed E-state index contributed by atoms with van der Waals surface area (Å²) in [5.74, 6) is 1.43. The Kier molecular flexibility index (Phi) is 7.63. The number of carbonyl (C=O) groups excluding carboxylic acids is 2. The molecule has 7 nitrogen and oxygen atoms in total. The number of ether oxygens (including phenoxy) is 2. The van der Waals surface area contributed by atoms with Crippen LogP contribution in [0.2, 0.25) is 0 Å². The molecule has 7 heteroatoms. The lowest BCUT2D eigenvalue weighted by molar-refractivity contribution is -0.125. The van der Waals surface area contributed by atoms with Crippen molar-refractivity contribution < 1.29 is 23.5 Å². The number of esters is 1. The lowest BCUT2D eigenvalue weighted by Gasteiger charge is -2.22.